The molecule has 1 aliphatic heterocycles. The minimum Gasteiger partial charge on any atom is -0.344 e. The molecule has 0 radical (unpaired) electrons. The van der Waals surface area contributed by atoms with Crippen molar-refractivity contribution in [3.8, 4) is 0 Å². The summed E-state index contributed by atoms with van der Waals surface area (Å²) in [4.78, 5) is 26.8. The molecule has 0 aromatic carbocycles. The van der Waals surface area contributed by atoms with E-state index in [-0.39, 0.29) is 29.3 Å². The Morgan fingerprint density at radius 2 is 1.75 bits per heavy atom. The molecule has 20 heavy (non-hydrogen) atoms. The second-order valence-electron chi connectivity index (χ2n) is 5.96. The van der Waals surface area contributed by atoms with Crippen LogP contribution in [0.2, 0.25) is 0 Å². The van der Waals surface area contributed by atoms with Crippen LogP contribution in [0.25, 0.3) is 0 Å². The highest BCUT2D eigenvalue weighted by molar-refractivity contribution is 5.90. The summed E-state index contributed by atoms with van der Waals surface area (Å²) in [6.07, 6.45) is 4.12. The van der Waals surface area contributed by atoms with Gasteiger partial charge in [0, 0.05) is 18.5 Å². The van der Waals surface area contributed by atoms with Crippen molar-refractivity contribution >= 4 is 11.8 Å². The molecular formula is C16H30N2O2. The monoisotopic (exact) mass is 282 g/mol. The average Bonchev–Trinajstić information content (AvgIpc) is 2.62. The van der Waals surface area contributed by atoms with Gasteiger partial charge in [0.15, 0.2) is 0 Å². The van der Waals surface area contributed by atoms with Crippen LogP contribution in [0.15, 0.2) is 0 Å². The van der Waals surface area contributed by atoms with Crippen molar-refractivity contribution in [2.75, 3.05) is 6.54 Å². The summed E-state index contributed by atoms with van der Waals surface area (Å²) in [6.45, 7) is 11.1. The number of carbonyl (C=O) groups is 2. The van der Waals surface area contributed by atoms with Crippen molar-refractivity contribution in [2.45, 2.75) is 78.3 Å². The number of nitrogens with zero attached hydrogens (tertiary/aromatic N) is 1. The van der Waals surface area contributed by atoms with Gasteiger partial charge in [-0.25, -0.2) is 0 Å². The Kier molecular flexibility index (Phi) is 6.03. The fraction of sp³-hybridized carbons (Fsp3) is 0.875. The third-order valence-electron chi connectivity index (χ3n) is 5.17. The first-order chi connectivity index (χ1) is 9.45. The van der Waals surface area contributed by atoms with E-state index in [2.05, 4.69) is 33.0 Å². The minimum atomic E-state index is -0.362. The van der Waals surface area contributed by atoms with Gasteiger partial charge in [-0.2, -0.15) is 0 Å². The van der Waals surface area contributed by atoms with Crippen molar-refractivity contribution in [1.82, 2.24) is 10.2 Å². The fourth-order valence-electron chi connectivity index (χ4n) is 3.21. The lowest BCUT2D eigenvalue weighted by Gasteiger charge is -2.43. The van der Waals surface area contributed by atoms with Crippen molar-refractivity contribution in [1.29, 1.82) is 0 Å². The van der Waals surface area contributed by atoms with Crippen molar-refractivity contribution in [2.24, 2.45) is 5.92 Å². The van der Waals surface area contributed by atoms with E-state index in [4.69, 9.17) is 0 Å². The summed E-state index contributed by atoms with van der Waals surface area (Å²) in [6, 6.07) is -0.362. The van der Waals surface area contributed by atoms with Crippen LogP contribution < -0.4 is 5.32 Å². The highest BCUT2D eigenvalue weighted by atomic mass is 16.2. The van der Waals surface area contributed by atoms with Crippen LogP contribution in [0.5, 0.6) is 0 Å². The molecule has 116 valence electrons. The maximum atomic E-state index is 12.9. The van der Waals surface area contributed by atoms with E-state index in [1.165, 1.54) is 0 Å². The Morgan fingerprint density at radius 3 is 2.20 bits per heavy atom. The van der Waals surface area contributed by atoms with Gasteiger partial charge >= 0.3 is 0 Å². The second-order valence-corrected chi connectivity index (χ2v) is 5.96. The van der Waals surface area contributed by atoms with E-state index < -0.39 is 0 Å². The Hall–Kier alpha value is -1.06. The smallest absolute Gasteiger partial charge is 0.245 e. The summed E-state index contributed by atoms with van der Waals surface area (Å²) in [5.74, 6) is 0.287. The van der Waals surface area contributed by atoms with Crippen LogP contribution in [-0.4, -0.2) is 34.8 Å². The van der Waals surface area contributed by atoms with Crippen molar-refractivity contribution in [3.05, 3.63) is 0 Å². The number of carbonyl (C=O) groups excluding carboxylic acids is 2. The predicted octanol–water partition coefficient (Wildman–Crippen LogP) is 2.72. The van der Waals surface area contributed by atoms with Crippen LogP contribution in [-0.2, 0) is 9.59 Å². The van der Waals surface area contributed by atoms with Gasteiger partial charge in [0.05, 0.1) is 0 Å². The first-order valence-corrected chi connectivity index (χ1v) is 8.06. The largest absolute Gasteiger partial charge is 0.344 e. The van der Waals surface area contributed by atoms with E-state index in [0.29, 0.717) is 13.0 Å². The van der Waals surface area contributed by atoms with Crippen LogP contribution in [0.4, 0.5) is 0 Å². The van der Waals surface area contributed by atoms with E-state index in [1.54, 1.807) is 0 Å². The Balaban J connectivity index is 3.11. The Bertz CT molecular complexity index is 342. The molecule has 0 aliphatic carbocycles. The van der Waals surface area contributed by atoms with Gasteiger partial charge in [0.1, 0.15) is 6.04 Å². The molecule has 4 nitrogen and oxygen atoms in total. The van der Waals surface area contributed by atoms with Gasteiger partial charge in [-0.3, -0.25) is 9.59 Å². The summed E-state index contributed by atoms with van der Waals surface area (Å²) >= 11 is 0. The molecule has 1 N–H and O–H groups in total. The van der Waals surface area contributed by atoms with E-state index >= 15 is 0 Å². The van der Waals surface area contributed by atoms with Crippen LogP contribution >= 0.6 is 0 Å². The molecule has 2 atom stereocenters. The molecule has 0 aromatic heterocycles. The zero-order valence-corrected chi connectivity index (χ0v) is 13.7. The maximum Gasteiger partial charge on any atom is 0.245 e. The lowest BCUT2D eigenvalue weighted by molar-refractivity contribution is -0.141. The molecule has 0 aromatic rings. The molecule has 0 spiro atoms. The molecule has 4 heteroatoms. The molecule has 1 saturated heterocycles. The maximum absolute atomic E-state index is 12.9. The van der Waals surface area contributed by atoms with E-state index in [9.17, 15) is 9.59 Å². The van der Waals surface area contributed by atoms with Crippen LogP contribution in [0.1, 0.15) is 66.7 Å². The highest BCUT2D eigenvalue weighted by Crippen LogP contribution is 2.30. The van der Waals surface area contributed by atoms with Gasteiger partial charge in [-0.1, -0.05) is 41.0 Å². The molecule has 0 bridgehead atoms. The van der Waals surface area contributed by atoms with Gasteiger partial charge in [-0.05, 0) is 25.2 Å². The number of rotatable bonds is 6. The third kappa shape index (κ3) is 3.15. The summed E-state index contributed by atoms with van der Waals surface area (Å²) in [5, 5.41) is 2.92. The first kappa shape index (κ1) is 17.0. The van der Waals surface area contributed by atoms with E-state index in [1.807, 2.05) is 11.8 Å². The lowest BCUT2D eigenvalue weighted by atomic mass is 9.86. The molecule has 2 amide bonds. The van der Waals surface area contributed by atoms with Gasteiger partial charge in [0.25, 0.3) is 0 Å². The SMILES string of the molecule is CCC(C)C1NC(=O)CCN(C(CC)(CC)CC)C1=O. The standard InChI is InChI=1S/C16H30N2O2/c1-6-12(5)14-15(20)18(11-10-13(19)17-14)16(7-2,8-3)9-4/h12,14H,6-11H2,1-5H3,(H,17,19). The van der Waals surface area contributed by atoms with Crippen LogP contribution in [0, 0.1) is 5.92 Å². The molecule has 0 saturated carbocycles. The Labute approximate surface area is 123 Å². The quantitative estimate of drug-likeness (QED) is 0.814. The Morgan fingerprint density at radius 1 is 1.20 bits per heavy atom. The molecule has 1 fully saturated rings. The first-order valence-electron chi connectivity index (χ1n) is 8.06. The molecule has 1 aliphatic rings. The number of hydrogen-bond donors (Lipinski definition) is 1. The molecule has 2 unspecified atom stereocenters. The normalized spacial score (nSPS) is 22.4. The zero-order valence-electron chi connectivity index (χ0n) is 13.7. The number of amides is 2. The number of nitrogens with one attached hydrogen (secondary N) is 1. The average molecular weight is 282 g/mol. The second kappa shape index (κ2) is 7.09. The topological polar surface area (TPSA) is 49.4 Å². The van der Waals surface area contributed by atoms with Crippen molar-refractivity contribution < 1.29 is 9.59 Å². The van der Waals surface area contributed by atoms with E-state index in [0.717, 1.165) is 25.7 Å². The lowest BCUT2D eigenvalue weighted by Crippen LogP contribution is -2.56. The summed E-state index contributed by atoms with van der Waals surface area (Å²) in [7, 11) is 0. The van der Waals surface area contributed by atoms with Gasteiger partial charge < -0.3 is 10.2 Å². The molecule has 1 rings (SSSR count). The summed E-state index contributed by atoms with van der Waals surface area (Å²) < 4.78 is 0. The van der Waals surface area contributed by atoms with Gasteiger partial charge in [-0.15, -0.1) is 0 Å². The minimum absolute atomic E-state index is 0.00311. The van der Waals surface area contributed by atoms with Crippen LogP contribution in [0.3, 0.4) is 0 Å². The summed E-state index contributed by atoms with van der Waals surface area (Å²) in [5.41, 5.74) is -0.102. The van der Waals surface area contributed by atoms with Crippen molar-refractivity contribution in [3.63, 3.8) is 0 Å². The number of hydrogen-bond acceptors (Lipinski definition) is 2. The molecule has 1 heterocycles. The molecular weight excluding hydrogens is 252 g/mol. The highest BCUT2D eigenvalue weighted by Gasteiger charge is 2.41. The fourth-order valence-corrected chi connectivity index (χ4v) is 3.21. The van der Waals surface area contributed by atoms with Gasteiger partial charge in [0.2, 0.25) is 11.8 Å². The third-order valence-corrected chi connectivity index (χ3v) is 5.17. The predicted molar refractivity (Wildman–Crippen MR) is 81.3 cm³/mol. The zero-order chi connectivity index (χ0) is 15.3.